The van der Waals surface area contributed by atoms with Crippen LogP contribution in [-0.4, -0.2) is 41.2 Å². The summed E-state index contributed by atoms with van der Waals surface area (Å²) >= 11 is 0. The molecule has 2 heterocycles. The molecule has 1 saturated heterocycles. The lowest BCUT2D eigenvalue weighted by Gasteiger charge is -2.35. The van der Waals surface area contributed by atoms with Crippen LogP contribution >= 0.6 is 0 Å². The number of nitrogens with one attached hydrogen (secondary N) is 1. The molecule has 2 atom stereocenters. The molecule has 6 nitrogen and oxygen atoms in total. The highest BCUT2D eigenvalue weighted by atomic mass is 16.5. The second-order valence-electron chi connectivity index (χ2n) is 9.03. The summed E-state index contributed by atoms with van der Waals surface area (Å²) in [6.07, 6.45) is 1.88. The highest BCUT2D eigenvalue weighted by Gasteiger charge is 2.27. The molecule has 2 N–H and O–H groups in total. The number of benzene rings is 2. The molecule has 6 heteroatoms. The van der Waals surface area contributed by atoms with Gasteiger partial charge in [-0.05, 0) is 56.9 Å². The molecule has 176 valence electrons. The highest BCUT2D eigenvalue weighted by Crippen LogP contribution is 2.36. The van der Waals surface area contributed by atoms with Crippen LogP contribution in [0.25, 0.3) is 11.0 Å². The van der Waals surface area contributed by atoms with E-state index in [1.165, 1.54) is 0 Å². The van der Waals surface area contributed by atoms with Crippen molar-refractivity contribution in [1.29, 1.82) is 0 Å². The van der Waals surface area contributed by atoms with Gasteiger partial charge in [-0.25, -0.2) is 0 Å². The molecule has 3 aromatic rings. The van der Waals surface area contributed by atoms with Crippen molar-refractivity contribution in [3.63, 3.8) is 0 Å². The number of aromatic hydroxyl groups is 1. The molecule has 0 aliphatic carbocycles. The van der Waals surface area contributed by atoms with Crippen molar-refractivity contribution in [2.75, 3.05) is 18.4 Å². The standard InChI is InChI=1S/C27H34N2O4/c1-6-19-9-8-10-20(7-2)26(19)28-27(31)24-18(5)33-23-12-11-22(30)21(25(23)24)15-29-13-16(3)32-17(4)14-29/h8-12,16-17,30H,6-7,13-15H2,1-5H3,(H,28,31)/t16-,17-/m0/s1. The Morgan fingerprint density at radius 2 is 1.73 bits per heavy atom. The number of anilines is 1. The number of phenolic OH excluding ortho intramolecular Hbond substituents is 1. The molecule has 0 saturated carbocycles. The molecule has 0 bridgehead atoms. The summed E-state index contributed by atoms with van der Waals surface area (Å²) in [6, 6.07) is 9.52. The molecular weight excluding hydrogens is 416 g/mol. The fourth-order valence-corrected chi connectivity index (χ4v) is 5.02. The van der Waals surface area contributed by atoms with E-state index in [2.05, 4.69) is 37.9 Å². The maximum absolute atomic E-state index is 13.6. The number of hydrogen-bond acceptors (Lipinski definition) is 5. The van der Waals surface area contributed by atoms with Gasteiger partial charge in [0.1, 0.15) is 17.1 Å². The summed E-state index contributed by atoms with van der Waals surface area (Å²) in [5, 5.41) is 14.7. The van der Waals surface area contributed by atoms with E-state index in [4.69, 9.17) is 9.15 Å². The Hall–Kier alpha value is -2.83. The van der Waals surface area contributed by atoms with Crippen LogP contribution in [0, 0.1) is 6.92 Å². The van der Waals surface area contributed by atoms with E-state index in [1.54, 1.807) is 19.1 Å². The van der Waals surface area contributed by atoms with Crippen molar-refractivity contribution in [3.8, 4) is 5.75 Å². The summed E-state index contributed by atoms with van der Waals surface area (Å²) in [5.74, 6) is 0.509. The zero-order chi connectivity index (χ0) is 23.7. The van der Waals surface area contributed by atoms with Crippen molar-refractivity contribution in [1.82, 2.24) is 4.90 Å². The number of carbonyl (C=O) groups excluding carboxylic acids is 1. The minimum absolute atomic E-state index is 0.113. The third-order valence-corrected chi connectivity index (χ3v) is 6.46. The maximum Gasteiger partial charge on any atom is 0.259 e. The van der Waals surface area contributed by atoms with Gasteiger partial charge in [-0.3, -0.25) is 9.69 Å². The first-order valence-corrected chi connectivity index (χ1v) is 11.9. The molecule has 1 aliphatic rings. The first kappa shape index (κ1) is 23.3. The van der Waals surface area contributed by atoms with E-state index >= 15 is 0 Å². The van der Waals surface area contributed by atoms with Gasteiger partial charge < -0.3 is 19.6 Å². The Morgan fingerprint density at radius 3 is 2.33 bits per heavy atom. The van der Waals surface area contributed by atoms with Gasteiger partial charge >= 0.3 is 0 Å². The smallest absolute Gasteiger partial charge is 0.259 e. The van der Waals surface area contributed by atoms with E-state index in [0.29, 0.717) is 28.8 Å². The Morgan fingerprint density at radius 1 is 1.09 bits per heavy atom. The van der Waals surface area contributed by atoms with Crippen LogP contribution in [0.3, 0.4) is 0 Å². The summed E-state index contributed by atoms with van der Waals surface area (Å²) in [7, 11) is 0. The molecule has 2 aromatic carbocycles. The van der Waals surface area contributed by atoms with Gasteiger partial charge in [0, 0.05) is 36.3 Å². The Kier molecular flexibility index (Phi) is 6.77. The van der Waals surface area contributed by atoms with Crippen molar-refractivity contribution in [2.24, 2.45) is 0 Å². The molecule has 0 unspecified atom stereocenters. The van der Waals surface area contributed by atoms with E-state index in [9.17, 15) is 9.90 Å². The highest BCUT2D eigenvalue weighted by molar-refractivity contribution is 6.14. The minimum atomic E-state index is -0.211. The average molecular weight is 451 g/mol. The first-order chi connectivity index (χ1) is 15.8. The Labute approximate surface area is 195 Å². The molecule has 0 radical (unpaired) electrons. The summed E-state index contributed by atoms with van der Waals surface area (Å²) in [4.78, 5) is 15.9. The third kappa shape index (κ3) is 4.63. The van der Waals surface area contributed by atoms with Crippen LogP contribution in [0.1, 0.15) is 60.5 Å². The minimum Gasteiger partial charge on any atom is -0.508 e. The monoisotopic (exact) mass is 450 g/mol. The number of aryl methyl sites for hydroxylation is 3. The molecule has 1 aromatic heterocycles. The normalized spacial score (nSPS) is 19.2. The second-order valence-corrected chi connectivity index (χ2v) is 9.03. The number of hydrogen-bond donors (Lipinski definition) is 2. The Bertz CT molecular complexity index is 1130. The quantitative estimate of drug-likeness (QED) is 0.524. The zero-order valence-electron chi connectivity index (χ0n) is 20.2. The summed E-state index contributed by atoms with van der Waals surface area (Å²) in [5.41, 5.74) is 4.90. The number of fused-ring (bicyclic) bond motifs is 1. The maximum atomic E-state index is 13.6. The molecule has 4 rings (SSSR count). The van der Waals surface area contributed by atoms with Gasteiger partial charge in [-0.1, -0.05) is 32.0 Å². The molecule has 1 fully saturated rings. The summed E-state index contributed by atoms with van der Waals surface area (Å²) in [6.45, 7) is 12.1. The van der Waals surface area contributed by atoms with Gasteiger partial charge in [-0.15, -0.1) is 0 Å². The topological polar surface area (TPSA) is 74.9 Å². The van der Waals surface area contributed by atoms with Gasteiger partial charge in [0.05, 0.1) is 17.8 Å². The lowest BCUT2D eigenvalue weighted by atomic mass is 10.00. The van der Waals surface area contributed by atoms with E-state index in [-0.39, 0.29) is 23.9 Å². The van der Waals surface area contributed by atoms with Gasteiger partial charge in [0.25, 0.3) is 5.91 Å². The number of amides is 1. The summed E-state index contributed by atoms with van der Waals surface area (Å²) < 4.78 is 11.8. The van der Waals surface area contributed by atoms with Crippen LogP contribution < -0.4 is 5.32 Å². The Balaban J connectivity index is 1.75. The van der Waals surface area contributed by atoms with Crippen LogP contribution in [0.15, 0.2) is 34.7 Å². The van der Waals surface area contributed by atoms with Gasteiger partial charge in [0.2, 0.25) is 0 Å². The first-order valence-electron chi connectivity index (χ1n) is 11.9. The van der Waals surface area contributed by atoms with E-state index < -0.39 is 0 Å². The van der Waals surface area contributed by atoms with Crippen LogP contribution in [0.4, 0.5) is 5.69 Å². The fourth-order valence-electron chi connectivity index (χ4n) is 5.02. The van der Waals surface area contributed by atoms with E-state index in [1.807, 2.05) is 18.2 Å². The number of para-hydroxylation sites is 1. The van der Waals surface area contributed by atoms with Crippen molar-refractivity contribution in [3.05, 3.63) is 58.3 Å². The van der Waals surface area contributed by atoms with Gasteiger partial charge in [0.15, 0.2) is 0 Å². The number of phenols is 1. The number of nitrogens with zero attached hydrogens (tertiary/aromatic N) is 1. The SMILES string of the molecule is CCc1cccc(CC)c1NC(=O)c1c(C)oc2ccc(O)c(CN3C[C@H](C)O[C@@H](C)C3)c12. The number of carbonyl (C=O) groups is 1. The van der Waals surface area contributed by atoms with E-state index in [0.717, 1.165) is 48.3 Å². The van der Waals surface area contributed by atoms with Crippen molar-refractivity contribution < 1.29 is 19.1 Å². The fraction of sp³-hybridized carbons (Fsp3) is 0.444. The van der Waals surface area contributed by atoms with Crippen LogP contribution in [-0.2, 0) is 24.1 Å². The molecule has 33 heavy (non-hydrogen) atoms. The van der Waals surface area contributed by atoms with Crippen molar-refractivity contribution in [2.45, 2.75) is 66.2 Å². The average Bonchev–Trinajstić information content (AvgIpc) is 3.11. The second kappa shape index (κ2) is 9.57. The molecule has 0 spiro atoms. The number of ether oxygens (including phenoxy) is 1. The van der Waals surface area contributed by atoms with Crippen molar-refractivity contribution >= 4 is 22.6 Å². The zero-order valence-corrected chi connectivity index (χ0v) is 20.2. The predicted molar refractivity (Wildman–Crippen MR) is 131 cm³/mol. The number of furan rings is 1. The largest absolute Gasteiger partial charge is 0.508 e. The van der Waals surface area contributed by atoms with Crippen LogP contribution in [0.2, 0.25) is 0 Å². The lowest BCUT2D eigenvalue weighted by Crippen LogP contribution is -2.44. The molecule has 1 aliphatic heterocycles. The van der Waals surface area contributed by atoms with Crippen LogP contribution in [0.5, 0.6) is 5.75 Å². The van der Waals surface area contributed by atoms with Gasteiger partial charge in [-0.2, -0.15) is 0 Å². The molecular formula is C27H34N2O4. The molecule has 1 amide bonds. The number of morpholine rings is 1. The predicted octanol–water partition coefficient (Wildman–Crippen LogP) is 5.43. The lowest BCUT2D eigenvalue weighted by molar-refractivity contribution is -0.0705. The third-order valence-electron chi connectivity index (χ3n) is 6.46. The number of rotatable bonds is 6.